The van der Waals surface area contributed by atoms with Crippen LogP contribution in [0.4, 0.5) is 26.3 Å². The topological polar surface area (TPSA) is 50.7 Å². The minimum atomic E-state index is -4.84. The number of halogens is 9. The zero-order valence-corrected chi connectivity index (χ0v) is 20.6. The molecule has 0 bridgehead atoms. The van der Waals surface area contributed by atoms with Gasteiger partial charge in [0.25, 0.3) is 5.60 Å². The van der Waals surface area contributed by atoms with Gasteiger partial charge in [0.2, 0.25) is 5.91 Å². The van der Waals surface area contributed by atoms with E-state index in [2.05, 4.69) is 21.1 Å². The first-order valence-corrected chi connectivity index (χ1v) is 11.8. The van der Waals surface area contributed by atoms with Crippen LogP contribution in [0.3, 0.4) is 0 Å². The summed E-state index contributed by atoms with van der Waals surface area (Å²) >= 11 is 16.0. The summed E-state index contributed by atoms with van der Waals surface area (Å²) in [6.45, 7) is -1.44. The van der Waals surface area contributed by atoms with E-state index in [0.29, 0.717) is 14.9 Å². The van der Waals surface area contributed by atoms with Gasteiger partial charge in [0.15, 0.2) is 0 Å². The van der Waals surface area contributed by atoms with Gasteiger partial charge in [0, 0.05) is 37.0 Å². The average molecular weight is 610 g/mol. The Morgan fingerprint density at radius 1 is 1.12 bits per heavy atom. The zero-order chi connectivity index (χ0) is 25.3. The molecule has 1 unspecified atom stereocenters. The lowest BCUT2D eigenvalue weighted by atomic mass is 9.86. The first kappa shape index (κ1) is 27.0. The lowest BCUT2D eigenvalue weighted by Crippen LogP contribution is -2.42. The minimum absolute atomic E-state index is 0.00608. The van der Waals surface area contributed by atoms with E-state index in [1.54, 1.807) is 5.32 Å². The van der Waals surface area contributed by atoms with Crippen LogP contribution in [0.1, 0.15) is 17.5 Å². The molecule has 0 saturated heterocycles. The highest BCUT2D eigenvalue weighted by Gasteiger charge is 2.62. The third-order valence-corrected chi connectivity index (χ3v) is 7.05. The van der Waals surface area contributed by atoms with Crippen molar-refractivity contribution in [3.05, 3.63) is 62.0 Å². The van der Waals surface area contributed by atoms with Crippen LogP contribution in [0, 0.1) is 0 Å². The van der Waals surface area contributed by atoms with Gasteiger partial charge in [0.05, 0.1) is 11.5 Å². The molecule has 1 N–H and O–H groups in total. The molecule has 2 aromatic carbocycles. The minimum Gasteiger partial charge on any atom is -0.374 e. The van der Waals surface area contributed by atoms with Gasteiger partial charge in [-0.3, -0.25) is 4.79 Å². The number of benzene rings is 2. The van der Waals surface area contributed by atoms with Gasteiger partial charge in [-0.2, -0.15) is 26.3 Å². The second-order valence-electron chi connectivity index (χ2n) is 7.11. The van der Waals surface area contributed by atoms with E-state index in [9.17, 15) is 31.1 Å². The van der Waals surface area contributed by atoms with Crippen molar-refractivity contribution in [3.63, 3.8) is 0 Å². The monoisotopic (exact) mass is 608 g/mol. The molecule has 0 radical (unpaired) electrons. The maximum absolute atomic E-state index is 14.1. The van der Waals surface area contributed by atoms with Gasteiger partial charge in [-0.15, -0.1) is 11.8 Å². The van der Waals surface area contributed by atoms with Crippen LogP contribution in [-0.2, 0) is 15.2 Å². The van der Waals surface area contributed by atoms with Gasteiger partial charge in [0.1, 0.15) is 6.54 Å². The zero-order valence-electron chi connectivity index (χ0n) is 16.7. The number of nitrogens with one attached hydrogen (secondary N) is 1. The van der Waals surface area contributed by atoms with Gasteiger partial charge in [-0.05, 0) is 46.3 Å². The molecule has 1 aliphatic heterocycles. The summed E-state index contributed by atoms with van der Waals surface area (Å²) in [6, 6.07) is 7.98. The van der Waals surface area contributed by atoms with Crippen LogP contribution >= 0.6 is 50.9 Å². The summed E-state index contributed by atoms with van der Waals surface area (Å²) in [6.07, 6.45) is -10.0. The predicted molar refractivity (Wildman–Crippen MR) is 120 cm³/mol. The molecule has 3 rings (SSSR count). The molecule has 2 aromatic rings. The summed E-state index contributed by atoms with van der Waals surface area (Å²) < 4.78 is 79.3. The van der Waals surface area contributed by atoms with E-state index in [1.165, 1.54) is 24.3 Å². The standard InChI is InChI=1S/C20H13BrCl2F6N2O2S/c21-14-3-10(1-2-16(14)34-8-17(32)30-9-19(24,25)26)15-7-18(33-31-15,20(27,28)29)11-4-12(22)6-13(23)5-11/h1-6H,7-9H2,(H,30,32). The number of carbonyl (C=O) groups excluding carboxylic acids is 1. The normalized spacial score (nSPS) is 18.4. The van der Waals surface area contributed by atoms with Gasteiger partial charge >= 0.3 is 12.4 Å². The van der Waals surface area contributed by atoms with Crippen molar-refractivity contribution in [1.29, 1.82) is 0 Å². The lowest BCUT2D eigenvalue weighted by molar-refractivity contribution is -0.275. The van der Waals surface area contributed by atoms with Crippen molar-refractivity contribution in [2.75, 3.05) is 12.3 Å². The quantitative estimate of drug-likeness (QED) is 0.281. The number of nitrogens with zero attached hydrogens (tertiary/aromatic N) is 1. The van der Waals surface area contributed by atoms with Crippen LogP contribution in [0.2, 0.25) is 10.0 Å². The largest absolute Gasteiger partial charge is 0.435 e. The number of rotatable bonds is 6. The van der Waals surface area contributed by atoms with Crippen molar-refractivity contribution in [2.45, 2.75) is 29.3 Å². The summed E-state index contributed by atoms with van der Waals surface area (Å²) in [5.41, 5.74) is -2.76. The third kappa shape index (κ3) is 6.32. The molecule has 184 valence electrons. The molecule has 34 heavy (non-hydrogen) atoms. The number of amides is 1. The summed E-state index contributed by atoms with van der Waals surface area (Å²) in [4.78, 5) is 17.0. The van der Waals surface area contributed by atoms with Gasteiger partial charge < -0.3 is 10.2 Å². The molecule has 1 heterocycles. The highest BCUT2D eigenvalue weighted by molar-refractivity contribution is 9.10. The molecular weight excluding hydrogens is 597 g/mol. The van der Waals surface area contributed by atoms with Crippen molar-refractivity contribution in [1.82, 2.24) is 5.32 Å². The van der Waals surface area contributed by atoms with Crippen molar-refractivity contribution < 1.29 is 36.0 Å². The van der Waals surface area contributed by atoms with Crippen LogP contribution in [0.15, 0.2) is 50.9 Å². The number of carbonyl (C=O) groups is 1. The van der Waals surface area contributed by atoms with Crippen molar-refractivity contribution in [3.8, 4) is 0 Å². The lowest BCUT2D eigenvalue weighted by Gasteiger charge is -2.29. The van der Waals surface area contributed by atoms with Gasteiger partial charge in [-0.25, -0.2) is 0 Å². The molecule has 14 heteroatoms. The molecule has 0 aliphatic carbocycles. The molecular formula is C20H13BrCl2F6N2O2S. The van der Waals surface area contributed by atoms with Crippen molar-refractivity contribution in [2.24, 2.45) is 5.16 Å². The Balaban J connectivity index is 1.76. The Labute approximate surface area is 212 Å². The number of hydrogen-bond donors (Lipinski definition) is 1. The smallest absolute Gasteiger partial charge is 0.374 e. The molecule has 0 saturated carbocycles. The van der Waals surface area contributed by atoms with Crippen LogP contribution in [0.25, 0.3) is 0 Å². The summed E-state index contributed by atoms with van der Waals surface area (Å²) in [7, 11) is 0. The number of alkyl halides is 6. The predicted octanol–water partition coefficient (Wildman–Crippen LogP) is 7.11. The Morgan fingerprint density at radius 3 is 2.32 bits per heavy atom. The Kier molecular flexibility index (Phi) is 8.06. The second kappa shape index (κ2) is 10.2. The Hall–Kier alpha value is -1.63. The fourth-order valence-electron chi connectivity index (χ4n) is 3.04. The van der Waals surface area contributed by atoms with E-state index < -0.39 is 36.8 Å². The Morgan fingerprint density at radius 2 is 1.76 bits per heavy atom. The Bertz CT molecular complexity index is 1110. The van der Waals surface area contributed by atoms with Gasteiger partial charge in [-0.1, -0.05) is 34.4 Å². The number of hydrogen-bond acceptors (Lipinski definition) is 4. The van der Waals surface area contributed by atoms with E-state index in [1.807, 2.05) is 0 Å². The van der Waals surface area contributed by atoms with E-state index in [-0.39, 0.29) is 27.1 Å². The molecule has 1 aliphatic rings. The maximum Gasteiger partial charge on any atom is 0.435 e. The van der Waals surface area contributed by atoms with Crippen LogP contribution in [0.5, 0.6) is 0 Å². The fraction of sp³-hybridized carbons (Fsp3) is 0.300. The third-order valence-electron chi connectivity index (χ3n) is 4.62. The van der Waals surface area contributed by atoms with Crippen LogP contribution in [-0.4, -0.2) is 36.3 Å². The van der Waals surface area contributed by atoms with E-state index >= 15 is 0 Å². The summed E-state index contributed by atoms with van der Waals surface area (Å²) in [5, 5.41) is 5.43. The summed E-state index contributed by atoms with van der Waals surface area (Å²) in [5.74, 6) is -1.10. The molecule has 1 amide bonds. The SMILES string of the molecule is O=C(CSc1ccc(C2=NOC(c3cc(Cl)cc(Cl)c3)(C(F)(F)F)C2)cc1Br)NCC(F)(F)F. The first-order chi connectivity index (χ1) is 15.7. The fourth-order valence-corrected chi connectivity index (χ4v) is 5.03. The number of oxime groups is 1. The highest BCUT2D eigenvalue weighted by atomic mass is 79.9. The number of thioether (sulfide) groups is 1. The molecule has 0 spiro atoms. The molecule has 0 fully saturated rings. The second-order valence-corrected chi connectivity index (χ2v) is 9.86. The van der Waals surface area contributed by atoms with Crippen molar-refractivity contribution >= 4 is 62.5 Å². The average Bonchev–Trinajstić information content (AvgIpc) is 3.17. The first-order valence-electron chi connectivity index (χ1n) is 9.25. The highest BCUT2D eigenvalue weighted by Crippen LogP contribution is 2.50. The van der Waals surface area contributed by atoms with Crippen LogP contribution < -0.4 is 5.32 Å². The maximum atomic E-state index is 14.1. The molecule has 1 atom stereocenters. The molecule has 0 aromatic heterocycles. The van der Waals surface area contributed by atoms with E-state index in [4.69, 9.17) is 28.0 Å². The molecule has 4 nitrogen and oxygen atoms in total. The van der Waals surface area contributed by atoms with E-state index in [0.717, 1.165) is 23.9 Å².